The molecule has 3 aromatic rings. The van der Waals surface area contributed by atoms with Crippen LogP contribution in [0.4, 0.5) is 5.69 Å². The summed E-state index contributed by atoms with van der Waals surface area (Å²) >= 11 is 5.93. The van der Waals surface area contributed by atoms with Crippen molar-refractivity contribution >= 4 is 29.1 Å². The van der Waals surface area contributed by atoms with Gasteiger partial charge in [0.25, 0.3) is 5.91 Å². The number of benzene rings is 2. The van der Waals surface area contributed by atoms with Gasteiger partial charge < -0.3 is 10.2 Å². The lowest BCUT2D eigenvalue weighted by Gasteiger charge is -2.18. The van der Waals surface area contributed by atoms with Crippen molar-refractivity contribution in [3.8, 4) is 5.69 Å². The van der Waals surface area contributed by atoms with Gasteiger partial charge in [-0.05, 0) is 62.2 Å². The molecule has 0 spiro atoms. The molecule has 0 bridgehead atoms. The van der Waals surface area contributed by atoms with Gasteiger partial charge in [0.1, 0.15) is 0 Å². The van der Waals surface area contributed by atoms with E-state index in [1.165, 1.54) is 22.7 Å². The first-order valence-electron chi connectivity index (χ1n) is 9.65. The Morgan fingerprint density at radius 1 is 1.06 bits per heavy atom. The van der Waals surface area contributed by atoms with Crippen LogP contribution in [0.3, 0.4) is 0 Å². The number of rotatable bonds is 5. The van der Waals surface area contributed by atoms with Crippen LogP contribution in [0.5, 0.6) is 0 Å². The van der Waals surface area contributed by atoms with Crippen LogP contribution in [0.15, 0.2) is 53.3 Å². The quantitative estimate of drug-likeness (QED) is 0.660. The van der Waals surface area contributed by atoms with Crippen molar-refractivity contribution in [2.75, 3.05) is 18.9 Å². The molecule has 2 aromatic carbocycles. The Kier molecular flexibility index (Phi) is 6.56. The van der Waals surface area contributed by atoms with Crippen molar-refractivity contribution in [1.82, 2.24) is 14.7 Å². The highest BCUT2D eigenvalue weighted by atomic mass is 35.5. The smallest absolute Gasteiger partial charge is 0.278 e. The van der Waals surface area contributed by atoms with E-state index in [0.717, 1.165) is 11.1 Å². The van der Waals surface area contributed by atoms with Crippen LogP contribution in [0, 0.1) is 20.8 Å². The predicted molar refractivity (Wildman–Crippen MR) is 121 cm³/mol. The van der Waals surface area contributed by atoms with E-state index in [2.05, 4.69) is 10.4 Å². The van der Waals surface area contributed by atoms with Gasteiger partial charge >= 0.3 is 0 Å². The molecule has 0 atom stereocenters. The molecule has 0 aliphatic rings. The van der Waals surface area contributed by atoms with E-state index < -0.39 is 11.3 Å². The van der Waals surface area contributed by atoms with Gasteiger partial charge in [-0.3, -0.25) is 14.4 Å². The summed E-state index contributed by atoms with van der Waals surface area (Å²) < 4.78 is 1.50. The van der Waals surface area contributed by atoms with E-state index in [4.69, 9.17) is 11.6 Å². The Balaban J connectivity index is 1.80. The van der Waals surface area contributed by atoms with Gasteiger partial charge in [0.05, 0.1) is 12.2 Å². The van der Waals surface area contributed by atoms with Gasteiger partial charge in [-0.2, -0.15) is 5.10 Å². The molecule has 8 heteroatoms. The molecule has 1 N–H and O–H groups in total. The van der Waals surface area contributed by atoms with Crippen LogP contribution in [-0.2, 0) is 4.79 Å². The molecule has 3 rings (SSSR count). The zero-order chi connectivity index (χ0) is 22.7. The number of likely N-dealkylation sites (N-methyl/N-ethyl adjacent to an activating group) is 1. The molecular formula is C23H23ClN4O3. The van der Waals surface area contributed by atoms with Crippen LogP contribution < -0.4 is 10.7 Å². The number of nitrogens with zero attached hydrogens (tertiary/aromatic N) is 3. The van der Waals surface area contributed by atoms with Crippen LogP contribution in [0.2, 0.25) is 5.02 Å². The zero-order valence-electron chi connectivity index (χ0n) is 17.8. The topological polar surface area (TPSA) is 84.3 Å². The maximum atomic E-state index is 12.9. The van der Waals surface area contributed by atoms with Crippen molar-refractivity contribution in [1.29, 1.82) is 0 Å². The van der Waals surface area contributed by atoms with Crippen LogP contribution in [0.25, 0.3) is 5.69 Å². The number of anilines is 1. The van der Waals surface area contributed by atoms with E-state index in [9.17, 15) is 14.4 Å². The second-order valence-electron chi connectivity index (χ2n) is 7.41. The number of hydrogen-bond acceptors (Lipinski definition) is 4. The number of carbonyl (C=O) groups excluding carboxylic acids is 2. The van der Waals surface area contributed by atoms with Gasteiger partial charge in [0.15, 0.2) is 5.69 Å². The molecule has 160 valence electrons. The monoisotopic (exact) mass is 438 g/mol. The first kappa shape index (κ1) is 22.2. The molecular weight excluding hydrogens is 416 g/mol. The molecule has 7 nitrogen and oxygen atoms in total. The Bertz CT molecular complexity index is 1200. The highest BCUT2D eigenvalue weighted by Gasteiger charge is 2.21. The standard InChI is InChI=1S/C23H23ClN4O3/c1-14-5-6-15(2)19(11-14)25-21(30)13-27(4)23(31)22-20(29)12-16(3)28(26-22)18-9-7-17(24)8-10-18/h5-12H,13H2,1-4H3,(H,25,30). The van der Waals surface area contributed by atoms with E-state index in [0.29, 0.717) is 22.1 Å². The maximum absolute atomic E-state index is 12.9. The number of aromatic nitrogens is 2. The lowest BCUT2D eigenvalue weighted by atomic mass is 10.1. The van der Waals surface area contributed by atoms with Crippen LogP contribution >= 0.6 is 11.6 Å². The molecule has 1 aromatic heterocycles. The van der Waals surface area contributed by atoms with Crippen molar-refractivity contribution in [3.63, 3.8) is 0 Å². The largest absolute Gasteiger partial charge is 0.331 e. The maximum Gasteiger partial charge on any atom is 0.278 e. The molecule has 0 radical (unpaired) electrons. The van der Waals surface area contributed by atoms with E-state index in [1.54, 1.807) is 31.2 Å². The number of nitrogens with one attached hydrogen (secondary N) is 1. The zero-order valence-corrected chi connectivity index (χ0v) is 18.5. The summed E-state index contributed by atoms with van der Waals surface area (Å²) in [7, 11) is 1.46. The van der Waals surface area contributed by atoms with E-state index in [-0.39, 0.29) is 18.1 Å². The number of hydrogen-bond donors (Lipinski definition) is 1. The number of amides is 2. The average molecular weight is 439 g/mol. The first-order valence-corrected chi connectivity index (χ1v) is 10.0. The Hall–Kier alpha value is -3.45. The fraction of sp³-hybridized carbons (Fsp3) is 0.217. The summed E-state index contributed by atoms with van der Waals surface area (Å²) in [6.45, 7) is 5.32. The third-order valence-electron chi connectivity index (χ3n) is 4.78. The van der Waals surface area contributed by atoms with Crippen molar-refractivity contribution in [3.05, 3.63) is 86.3 Å². The van der Waals surface area contributed by atoms with Crippen LogP contribution in [0.1, 0.15) is 27.3 Å². The minimum absolute atomic E-state index is 0.220. The molecule has 0 saturated carbocycles. The minimum atomic E-state index is -0.635. The van der Waals surface area contributed by atoms with Gasteiger partial charge in [-0.1, -0.05) is 23.7 Å². The fourth-order valence-electron chi connectivity index (χ4n) is 3.07. The highest BCUT2D eigenvalue weighted by Crippen LogP contribution is 2.16. The normalized spacial score (nSPS) is 10.6. The molecule has 0 saturated heterocycles. The van der Waals surface area contributed by atoms with Gasteiger partial charge in [0.2, 0.25) is 11.3 Å². The van der Waals surface area contributed by atoms with E-state index >= 15 is 0 Å². The second kappa shape index (κ2) is 9.14. The molecule has 0 unspecified atom stereocenters. The van der Waals surface area contributed by atoms with Gasteiger partial charge in [-0.15, -0.1) is 0 Å². The fourth-order valence-corrected chi connectivity index (χ4v) is 3.19. The molecule has 0 fully saturated rings. The molecule has 31 heavy (non-hydrogen) atoms. The SMILES string of the molecule is Cc1ccc(C)c(NC(=O)CN(C)C(=O)c2nn(-c3ccc(Cl)cc3)c(C)cc2=O)c1. The van der Waals surface area contributed by atoms with Crippen LogP contribution in [-0.4, -0.2) is 40.1 Å². The highest BCUT2D eigenvalue weighted by molar-refractivity contribution is 6.30. The van der Waals surface area contributed by atoms with Crippen molar-refractivity contribution in [2.45, 2.75) is 20.8 Å². The lowest BCUT2D eigenvalue weighted by Crippen LogP contribution is -2.38. The molecule has 1 heterocycles. The Morgan fingerprint density at radius 2 is 1.74 bits per heavy atom. The molecule has 0 aliphatic carbocycles. The second-order valence-corrected chi connectivity index (χ2v) is 7.85. The minimum Gasteiger partial charge on any atom is -0.331 e. The number of carbonyl (C=O) groups is 2. The summed E-state index contributed by atoms with van der Waals surface area (Å²) in [4.78, 5) is 38.9. The van der Waals surface area contributed by atoms with Crippen molar-refractivity contribution < 1.29 is 9.59 Å². The third-order valence-corrected chi connectivity index (χ3v) is 5.03. The molecule has 0 aliphatic heterocycles. The third kappa shape index (κ3) is 5.19. The molecule has 2 amide bonds. The van der Waals surface area contributed by atoms with E-state index in [1.807, 2.05) is 32.0 Å². The summed E-state index contributed by atoms with van der Waals surface area (Å²) in [6.07, 6.45) is 0. The number of halogens is 1. The summed E-state index contributed by atoms with van der Waals surface area (Å²) in [6, 6.07) is 13.9. The summed E-state index contributed by atoms with van der Waals surface area (Å²) in [5.41, 5.74) is 3.07. The summed E-state index contributed by atoms with van der Waals surface area (Å²) in [5, 5.41) is 7.62. The lowest BCUT2D eigenvalue weighted by molar-refractivity contribution is -0.116. The summed E-state index contributed by atoms with van der Waals surface area (Å²) in [5.74, 6) is -1.00. The Morgan fingerprint density at radius 3 is 2.42 bits per heavy atom. The van der Waals surface area contributed by atoms with Gasteiger partial charge in [0, 0.05) is 29.5 Å². The number of aryl methyl sites for hydroxylation is 3. The first-order chi connectivity index (χ1) is 14.7. The van der Waals surface area contributed by atoms with Crippen molar-refractivity contribution in [2.24, 2.45) is 0 Å². The Labute approximate surface area is 185 Å². The average Bonchev–Trinajstić information content (AvgIpc) is 2.71. The van der Waals surface area contributed by atoms with Gasteiger partial charge in [-0.25, -0.2) is 4.68 Å². The predicted octanol–water partition coefficient (Wildman–Crippen LogP) is 3.52.